The molecule has 2 heterocycles. The summed E-state index contributed by atoms with van der Waals surface area (Å²) in [6.07, 6.45) is 4.61. The van der Waals surface area contributed by atoms with E-state index in [0.717, 1.165) is 19.6 Å². The van der Waals surface area contributed by atoms with E-state index in [-0.39, 0.29) is 5.54 Å². The fourth-order valence-electron chi connectivity index (χ4n) is 3.02. The molecule has 1 aromatic rings. The summed E-state index contributed by atoms with van der Waals surface area (Å²) < 4.78 is 0. The summed E-state index contributed by atoms with van der Waals surface area (Å²) in [5.41, 5.74) is 3.10. The highest BCUT2D eigenvalue weighted by Gasteiger charge is 2.27. The van der Waals surface area contributed by atoms with Crippen molar-refractivity contribution >= 4 is 5.82 Å². The summed E-state index contributed by atoms with van der Waals surface area (Å²) in [6, 6.07) is 2.28. The maximum atomic E-state index is 4.75. The van der Waals surface area contributed by atoms with Gasteiger partial charge in [-0.15, -0.1) is 0 Å². The minimum absolute atomic E-state index is 0.142. The van der Waals surface area contributed by atoms with E-state index >= 15 is 0 Å². The van der Waals surface area contributed by atoms with E-state index in [1.807, 2.05) is 6.20 Å². The first-order valence-electron chi connectivity index (χ1n) is 8.12. The molecule has 0 atom stereocenters. The molecule has 1 aromatic heterocycles. The molecule has 21 heavy (non-hydrogen) atoms. The first-order valence-corrected chi connectivity index (χ1v) is 8.12. The molecule has 0 aliphatic carbocycles. The van der Waals surface area contributed by atoms with Crippen molar-refractivity contribution in [2.45, 2.75) is 66.5 Å². The van der Waals surface area contributed by atoms with Crippen molar-refractivity contribution in [3.63, 3.8) is 0 Å². The first kappa shape index (κ1) is 16.3. The lowest BCUT2D eigenvalue weighted by Crippen LogP contribution is -2.41. The standard InChI is InChI=1S/C18H31N3/c1-14-10-15(12-20-17(2,3)4)11-19-16(14)21-9-7-8-18(5,6)13-21/h10-11,20H,7-9,12-13H2,1-6H3. The van der Waals surface area contributed by atoms with Crippen LogP contribution in [0.3, 0.4) is 0 Å². The van der Waals surface area contributed by atoms with Gasteiger partial charge in [-0.05, 0) is 63.1 Å². The van der Waals surface area contributed by atoms with E-state index < -0.39 is 0 Å². The molecule has 1 aliphatic heterocycles. The summed E-state index contributed by atoms with van der Waals surface area (Å²) in [5.74, 6) is 1.17. The molecule has 3 nitrogen and oxygen atoms in total. The molecule has 0 amide bonds. The van der Waals surface area contributed by atoms with Crippen LogP contribution in [0.4, 0.5) is 5.82 Å². The third-order valence-electron chi connectivity index (χ3n) is 4.13. The van der Waals surface area contributed by atoms with E-state index in [9.17, 15) is 0 Å². The molecular weight excluding hydrogens is 258 g/mol. The van der Waals surface area contributed by atoms with Gasteiger partial charge in [0, 0.05) is 31.4 Å². The van der Waals surface area contributed by atoms with Crippen LogP contribution in [-0.4, -0.2) is 23.6 Å². The molecule has 0 aromatic carbocycles. The van der Waals surface area contributed by atoms with Gasteiger partial charge in [0.1, 0.15) is 5.82 Å². The Labute approximate surface area is 130 Å². The number of nitrogens with zero attached hydrogens (tertiary/aromatic N) is 2. The minimum atomic E-state index is 0.142. The fraction of sp³-hybridized carbons (Fsp3) is 0.722. The van der Waals surface area contributed by atoms with Gasteiger partial charge in [-0.3, -0.25) is 0 Å². The molecule has 3 heteroatoms. The van der Waals surface area contributed by atoms with Crippen molar-refractivity contribution in [1.82, 2.24) is 10.3 Å². The van der Waals surface area contributed by atoms with Crippen LogP contribution in [0.1, 0.15) is 58.6 Å². The molecule has 1 saturated heterocycles. The van der Waals surface area contributed by atoms with Crippen LogP contribution in [0, 0.1) is 12.3 Å². The molecule has 1 aliphatic rings. The van der Waals surface area contributed by atoms with Crippen LogP contribution in [-0.2, 0) is 6.54 Å². The van der Waals surface area contributed by atoms with Crippen molar-refractivity contribution < 1.29 is 0 Å². The Morgan fingerprint density at radius 2 is 2.05 bits per heavy atom. The summed E-state index contributed by atoms with van der Waals surface area (Å²) >= 11 is 0. The molecule has 1 fully saturated rings. The highest BCUT2D eigenvalue weighted by atomic mass is 15.2. The van der Waals surface area contributed by atoms with E-state index in [1.165, 1.54) is 29.8 Å². The number of nitrogens with one attached hydrogen (secondary N) is 1. The second-order valence-electron chi connectivity index (χ2n) is 8.28. The van der Waals surface area contributed by atoms with Gasteiger partial charge in [0.25, 0.3) is 0 Å². The summed E-state index contributed by atoms with van der Waals surface area (Å²) in [6.45, 7) is 16.6. The Kier molecular flexibility index (Phi) is 4.62. The number of anilines is 1. The molecule has 2 rings (SSSR count). The lowest BCUT2D eigenvalue weighted by atomic mass is 9.84. The van der Waals surface area contributed by atoms with Gasteiger partial charge in [0.2, 0.25) is 0 Å². The van der Waals surface area contributed by atoms with Gasteiger partial charge in [-0.2, -0.15) is 0 Å². The highest BCUT2D eigenvalue weighted by Crippen LogP contribution is 2.32. The van der Waals surface area contributed by atoms with Crippen molar-refractivity contribution in [3.8, 4) is 0 Å². The second-order valence-corrected chi connectivity index (χ2v) is 8.28. The van der Waals surface area contributed by atoms with Gasteiger partial charge < -0.3 is 10.2 Å². The molecule has 118 valence electrons. The smallest absolute Gasteiger partial charge is 0.131 e. The number of rotatable bonds is 3. The summed E-state index contributed by atoms with van der Waals surface area (Å²) in [4.78, 5) is 7.21. The number of aryl methyl sites for hydroxylation is 1. The van der Waals surface area contributed by atoms with E-state index in [4.69, 9.17) is 4.98 Å². The van der Waals surface area contributed by atoms with Crippen molar-refractivity contribution in [2.24, 2.45) is 5.41 Å². The number of hydrogen-bond donors (Lipinski definition) is 1. The van der Waals surface area contributed by atoms with E-state index in [1.54, 1.807) is 0 Å². The lowest BCUT2D eigenvalue weighted by molar-refractivity contribution is 0.292. The topological polar surface area (TPSA) is 28.2 Å². The lowest BCUT2D eigenvalue weighted by Gasteiger charge is -2.39. The predicted molar refractivity (Wildman–Crippen MR) is 90.8 cm³/mol. The molecule has 0 radical (unpaired) electrons. The van der Waals surface area contributed by atoms with Crippen LogP contribution in [0.5, 0.6) is 0 Å². The van der Waals surface area contributed by atoms with Gasteiger partial charge in [-0.1, -0.05) is 13.8 Å². The Hall–Kier alpha value is -1.09. The van der Waals surface area contributed by atoms with Crippen LogP contribution >= 0.6 is 0 Å². The third-order valence-corrected chi connectivity index (χ3v) is 4.13. The van der Waals surface area contributed by atoms with E-state index in [2.05, 4.69) is 57.8 Å². The van der Waals surface area contributed by atoms with Crippen LogP contribution < -0.4 is 10.2 Å². The van der Waals surface area contributed by atoms with Crippen LogP contribution in [0.25, 0.3) is 0 Å². The molecule has 0 spiro atoms. The van der Waals surface area contributed by atoms with Crippen LogP contribution in [0.15, 0.2) is 12.3 Å². The van der Waals surface area contributed by atoms with Crippen molar-refractivity contribution in [1.29, 1.82) is 0 Å². The SMILES string of the molecule is Cc1cc(CNC(C)(C)C)cnc1N1CCCC(C)(C)C1. The van der Waals surface area contributed by atoms with Crippen molar-refractivity contribution in [3.05, 3.63) is 23.4 Å². The monoisotopic (exact) mass is 289 g/mol. The molecule has 0 unspecified atom stereocenters. The minimum Gasteiger partial charge on any atom is -0.356 e. The zero-order valence-electron chi connectivity index (χ0n) is 14.6. The predicted octanol–water partition coefficient (Wildman–Crippen LogP) is 3.90. The number of aromatic nitrogens is 1. The Morgan fingerprint density at radius 1 is 1.33 bits per heavy atom. The van der Waals surface area contributed by atoms with Crippen molar-refractivity contribution in [2.75, 3.05) is 18.0 Å². The molecule has 1 N–H and O–H groups in total. The average Bonchev–Trinajstić information content (AvgIpc) is 2.34. The maximum Gasteiger partial charge on any atom is 0.131 e. The maximum absolute atomic E-state index is 4.75. The van der Waals surface area contributed by atoms with Gasteiger partial charge in [0.05, 0.1) is 0 Å². The first-order chi connectivity index (χ1) is 9.66. The van der Waals surface area contributed by atoms with Gasteiger partial charge in [0.15, 0.2) is 0 Å². The van der Waals surface area contributed by atoms with E-state index in [0.29, 0.717) is 5.41 Å². The molecule has 0 saturated carbocycles. The normalized spacial score (nSPS) is 18.9. The Balaban J connectivity index is 2.09. The van der Waals surface area contributed by atoms with Gasteiger partial charge in [-0.25, -0.2) is 4.98 Å². The fourth-order valence-corrected chi connectivity index (χ4v) is 3.02. The third kappa shape index (κ3) is 4.70. The number of pyridine rings is 1. The zero-order chi connectivity index (χ0) is 15.7. The summed E-state index contributed by atoms with van der Waals surface area (Å²) in [5, 5.41) is 3.52. The largest absolute Gasteiger partial charge is 0.356 e. The second kappa shape index (κ2) is 5.96. The highest BCUT2D eigenvalue weighted by molar-refractivity contribution is 5.48. The number of hydrogen-bond acceptors (Lipinski definition) is 3. The number of piperidine rings is 1. The zero-order valence-corrected chi connectivity index (χ0v) is 14.6. The average molecular weight is 289 g/mol. The summed E-state index contributed by atoms with van der Waals surface area (Å²) in [7, 11) is 0. The Bertz CT molecular complexity index is 486. The quantitative estimate of drug-likeness (QED) is 0.914. The van der Waals surface area contributed by atoms with Gasteiger partial charge >= 0.3 is 0 Å². The molecular formula is C18H31N3. The Morgan fingerprint density at radius 3 is 2.62 bits per heavy atom. The molecule has 0 bridgehead atoms. The van der Waals surface area contributed by atoms with Crippen LogP contribution in [0.2, 0.25) is 0 Å².